The van der Waals surface area contributed by atoms with Crippen LogP contribution in [0.2, 0.25) is 0 Å². The molecule has 1 fully saturated rings. The summed E-state index contributed by atoms with van der Waals surface area (Å²) in [6, 6.07) is 13.0. The van der Waals surface area contributed by atoms with Crippen LogP contribution in [0.15, 0.2) is 48.5 Å². The first-order valence-electron chi connectivity index (χ1n) is 8.62. The van der Waals surface area contributed by atoms with Gasteiger partial charge in [-0.05, 0) is 29.8 Å². The van der Waals surface area contributed by atoms with Crippen molar-refractivity contribution in [3.8, 4) is 5.75 Å². The first-order chi connectivity index (χ1) is 13.0. The highest BCUT2D eigenvalue weighted by Crippen LogP contribution is 2.23. The van der Waals surface area contributed by atoms with Crippen molar-refractivity contribution in [1.29, 1.82) is 0 Å². The molecular formula is C20H21FN2O4. The SMILES string of the molecule is COc1cccc(N2CC(CNC(=O)Cc3ccc(F)cc3)OCC2=O)c1. The van der Waals surface area contributed by atoms with Crippen molar-refractivity contribution in [2.75, 3.05) is 31.7 Å². The molecule has 142 valence electrons. The van der Waals surface area contributed by atoms with Gasteiger partial charge in [0.1, 0.15) is 18.2 Å². The van der Waals surface area contributed by atoms with E-state index in [2.05, 4.69) is 5.32 Å². The summed E-state index contributed by atoms with van der Waals surface area (Å²) in [7, 11) is 1.57. The van der Waals surface area contributed by atoms with Crippen LogP contribution >= 0.6 is 0 Å². The number of morpholine rings is 1. The number of anilines is 1. The summed E-state index contributed by atoms with van der Waals surface area (Å²) in [5.41, 5.74) is 1.46. The van der Waals surface area contributed by atoms with E-state index in [4.69, 9.17) is 9.47 Å². The molecule has 0 radical (unpaired) electrons. The molecule has 0 aromatic heterocycles. The van der Waals surface area contributed by atoms with Gasteiger partial charge in [0.15, 0.2) is 0 Å². The number of methoxy groups -OCH3 is 1. The van der Waals surface area contributed by atoms with E-state index >= 15 is 0 Å². The largest absolute Gasteiger partial charge is 0.497 e. The Morgan fingerprint density at radius 3 is 2.81 bits per heavy atom. The molecule has 0 saturated carbocycles. The lowest BCUT2D eigenvalue weighted by Crippen LogP contribution is -2.50. The van der Waals surface area contributed by atoms with Crippen molar-refractivity contribution in [3.05, 3.63) is 59.9 Å². The first kappa shape index (κ1) is 18.8. The Hall–Kier alpha value is -2.93. The van der Waals surface area contributed by atoms with Crippen molar-refractivity contribution in [3.63, 3.8) is 0 Å². The number of hydrogen-bond donors (Lipinski definition) is 1. The van der Waals surface area contributed by atoms with Gasteiger partial charge >= 0.3 is 0 Å². The predicted octanol–water partition coefficient (Wildman–Crippen LogP) is 1.92. The second-order valence-electron chi connectivity index (χ2n) is 6.25. The highest BCUT2D eigenvalue weighted by molar-refractivity contribution is 5.95. The summed E-state index contributed by atoms with van der Waals surface area (Å²) < 4.78 is 23.6. The van der Waals surface area contributed by atoms with Gasteiger partial charge in [0, 0.05) is 18.3 Å². The Labute approximate surface area is 156 Å². The van der Waals surface area contributed by atoms with Crippen LogP contribution in [-0.2, 0) is 20.7 Å². The molecule has 1 saturated heterocycles. The molecule has 1 atom stereocenters. The summed E-state index contributed by atoms with van der Waals surface area (Å²) in [6.07, 6.45) is -0.156. The average Bonchev–Trinajstić information content (AvgIpc) is 2.69. The highest BCUT2D eigenvalue weighted by Gasteiger charge is 2.27. The minimum atomic E-state index is -0.336. The van der Waals surface area contributed by atoms with Crippen molar-refractivity contribution in [1.82, 2.24) is 5.32 Å². The molecule has 2 amide bonds. The van der Waals surface area contributed by atoms with E-state index < -0.39 is 0 Å². The van der Waals surface area contributed by atoms with Gasteiger partial charge in [-0.15, -0.1) is 0 Å². The number of amides is 2. The fourth-order valence-electron chi connectivity index (χ4n) is 2.85. The second-order valence-corrected chi connectivity index (χ2v) is 6.25. The van der Waals surface area contributed by atoms with Crippen LogP contribution in [0.4, 0.5) is 10.1 Å². The molecule has 2 aromatic carbocycles. The van der Waals surface area contributed by atoms with E-state index in [9.17, 15) is 14.0 Å². The molecule has 6 nitrogen and oxygen atoms in total. The Bertz CT molecular complexity index is 810. The Kier molecular flexibility index (Phi) is 6.03. The van der Waals surface area contributed by atoms with E-state index in [0.29, 0.717) is 12.3 Å². The molecule has 3 rings (SSSR count). The minimum absolute atomic E-state index is 0.0459. The summed E-state index contributed by atoms with van der Waals surface area (Å²) in [5.74, 6) is 0.000174. The number of halogens is 1. The number of rotatable bonds is 6. The van der Waals surface area contributed by atoms with Gasteiger partial charge < -0.3 is 19.7 Å². The monoisotopic (exact) mass is 372 g/mol. The lowest BCUT2D eigenvalue weighted by atomic mass is 10.1. The van der Waals surface area contributed by atoms with Crippen molar-refractivity contribution in [2.45, 2.75) is 12.5 Å². The van der Waals surface area contributed by atoms with Crippen LogP contribution in [-0.4, -0.2) is 44.7 Å². The average molecular weight is 372 g/mol. The van der Waals surface area contributed by atoms with Gasteiger partial charge in [0.25, 0.3) is 5.91 Å². The standard InChI is InChI=1S/C20H21FN2O4/c1-26-17-4-2-3-16(10-17)23-12-18(27-13-20(23)25)11-22-19(24)9-14-5-7-15(21)8-6-14/h2-8,10,18H,9,11-13H2,1H3,(H,22,24). The van der Waals surface area contributed by atoms with E-state index in [1.165, 1.54) is 12.1 Å². The molecule has 1 heterocycles. The van der Waals surface area contributed by atoms with E-state index in [1.807, 2.05) is 18.2 Å². The quantitative estimate of drug-likeness (QED) is 0.841. The Morgan fingerprint density at radius 1 is 1.30 bits per heavy atom. The third kappa shape index (κ3) is 5.04. The van der Waals surface area contributed by atoms with Gasteiger partial charge in [-0.3, -0.25) is 9.59 Å². The number of benzene rings is 2. The number of carbonyl (C=O) groups excluding carboxylic acids is 2. The first-order valence-corrected chi connectivity index (χ1v) is 8.62. The number of carbonyl (C=O) groups is 2. The highest BCUT2D eigenvalue weighted by atomic mass is 19.1. The fourth-order valence-corrected chi connectivity index (χ4v) is 2.85. The van der Waals surface area contributed by atoms with Crippen LogP contribution in [0.3, 0.4) is 0 Å². The molecule has 27 heavy (non-hydrogen) atoms. The molecule has 0 spiro atoms. The van der Waals surface area contributed by atoms with Gasteiger partial charge in [0.05, 0.1) is 26.2 Å². The van der Waals surface area contributed by atoms with Crippen molar-refractivity contribution >= 4 is 17.5 Å². The van der Waals surface area contributed by atoms with E-state index in [1.54, 1.807) is 30.2 Å². The maximum atomic E-state index is 12.9. The van der Waals surface area contributed by atoms with Crippen molar-refractivity contribution in [2.24, 2.45) is 0 Å². The molecule has 0 bridgehead atoms. The minimum Gasteiger partial charge on any atom is -0.497 e. The number of nitrogens with one attached hydrogen (secondary N) is 1. The maximum Gasteiger partial charge on any atom is 0.253 e. The van der Waals surface area contributed by atoms with Gasteiger partial charge in [0.2, 0.25) is 5.91 Å². The van der Waals surface area contributed by atoms with E-state index in [-0.39, 0.29) is 43.3 Å². The van der Waals surface area contributed by atoms with Gasteiger partial charge in [-0.1, -0.05) is 18.2 Å². The summed E-state index contributed by atoms with van der Waals surface area (Å²) in [6.45, 7) is 0.576. The molecule has 1 unspecified atom stereocenters. The van der Waals surface area contributed by atoms with Gasteiger partial charge in [-0.25, -0.2) is 4.39 Å². The number of hydrogen-bond acceptors (Lipinski definition) is 4. The van der Waals surface area contributed by atoms with Crippen molar-refractivity contribution < 1.29 is 23.5 Å². The predicted molar refractivity (Wildman–Crippen MR) is 98.2 cm³/mol. The smallest absolute Gasteiger partial charge is 0.253 e. The van der Waals surface area contributed by atoms with Crippen LogP contribution in [0.1, 0.15) is 5.56 Å². The Morgan fingerprint density at radius 2 is 2.07 bits per heavy atom. The second kappa shape index (κ2) is 8.64. The topological polar surface area (TPSA) is 67.9 Å². The van der Waals surface area contributed by atoms with Crippen LogP contribution in [0.5, 0.6) is 5.75 Å². The third-order valence-corrected chi connectivity index (χ3v) is 4.30. The zero-order valence-electron chi connectivity index (χ0n) is 15.0. The Balaban J connectivity index is 1.55. The summed E-state index contributed by atoms with van der Waals surface area (Å²) in [4.78, 5) is 25.9. The number of ether oxygens (including phenoxy) is 2. The zero-order chi connectivity index (χ0) is 19.2. The zero-order valence-corrected chi connectivity index (χ0v) is 15.0. The summed E-state index contributed by atoms with van der Waals surface area (Å²) >= 11 is 0. The molecule has 7 heteroatoms. The summed E-state index contributed by atoms with van der Waals surface area (Å²) in [5, 5.41) is 2.80. The van der Waals surface area contributed by atoms with Crippen LogP contribution < -0.4 is 15.0 Å². The van der Waals surface area contributed by atoms with Crippen LogP contribution in [0, 0.1) is 5.82 Å². The molecule has 1 aliphatic heterocycles. The van der Waals surface area contributed by atoms with Gasteiger partial charge in [-0.2, -0.15) is 0 Å². The molecule has 0 aliphatic carbocycles. The number of nitrogens with zero attached hydrogens (tertiary/aromatic N) is 1. The normalized spacial score (nSPS) is 16.9. The van der Waals surface area contributed by atoms with E-state index in [0.717, 1.165) is 11.3 Å². The fraction of sp³-hybridized carbons (Fsp3) is 0.300. The lowest BCUT2D eigenvalue weighted by Gasteiger charge is -2.33. The molecular weight excluding hydrogens is 351 g/mol. The van der Waals surface area contributed by atoms with Crippen LogP contribution in [0.25, 0.3) is 0 Å². The molecule has 1 N–H and O–H groups in total. The molecule has 1 aliphatic rings. The third-order valence-electron chi connectivity index (χ3n) is 4.30. The maximum absolute atomic E-state index is 12.9. The lowest BCUT2D eigenvalue weighted by molar-refractivity contribution is -0.129. The molecule has 2 aromatic rings.